The summed E-state index contributed by atoms with van der Waals surface area (Å²) in [4.78, 5) is 30.1. The van der Waals surface area contributed by atoms with Crippen molar-refractivity contribution in [1.29, 1.82) is 0 Å². The topological polar surface area (TPSA) is 129 Å². The number of anilines is 2. The van der Waals surface area contributed by atoms with Gasteiger partial charge in [-0.1, -0.05) is 110 Å². The summed E-state index contributed by atoms with van der Waals surface area (Å²) in [5.41, 5.74) is 14.5. The number of hydrogen-bond donors (Lipinski definition) is 4. The zero-order valence-corrected chi connectivity index (χ0v) is 33.8. The third-order valence-corrected chi connectivity index (χ3v) is 11.2. The molecule has 0 bridgehead atoms. The van der Waals surface area contributed by atoms with E-state index in [4.69, 9.17) is 15.2 Å². The number of ether oxygens (including phenoxy) is 2. The molecule has 308 valence electrons. The van der Waals surface area contributed by atoms with Crippen molar-refractivity contribution < 1.29 is 24.2 Å². The number of nitrogens with zero attached hydrogens (tertiary/aromatic N) is 2. The zero-order valence-electron chi connectivity index (χ0n) is 33.8. The molecule has 0 aliphatic carbocycles. The van der Waals surface area contributed by atoms with Crippen LogP contribution < -0.4 is 16.4 Å². The summed E-state index contributed by atoms with van der Waals surface area (Å²) in [5.74, 6) is -0.0792. The highest BCUT2D eigenvalue weighted by Crippen LogP contribution is 2.39. The van der Waals surface area contributed by atoms with Crippen LogP contribution in [0, 0.1) is 0 Å². The average molecular weight is 796 g/mol. The van der Waals surface area contributed by atoms with Gasteiger partial charge in [0.2, 0.25) is 11.8 Å². The van der Waals surface area contributed by atoms with Crippen molar-refractivity contribution in [1.82, 2.24) is 15.1 Å². The summed E-state index contributed by atoms with van der Waals surface area (Å²) in [6.45, 7) is 6.27. The molecule has 7 rings (SSSR count). The SMILES string of the molecule is Nc1ccccc1NC(=O)CCCCCC(=O)NCc1cccc(-c2cccc([C@H]3O[C@@H](CN4CCN(Cc5ccccc5)CC4)C[C@@H](c4ccc(CO)cc4)O3)c2)c1. The van der Waals surface area contributed by atoms with E-state index in [0.717, 1.165) is 85.5 Å². The summed E-state index contributed by atoms with van der Waals surface area (Å²) in [6.07, 6.45) is 3.03. The number of unbranched alkanes of at least 4 members (excludes halogenated alkanes) is 2. The summed E-state index contributed by atoms with van der Waals surface area (Å²) in [5, 5.41) is 15.6. The Morgan fingerprint density at radius 1 is 0.661 bits per heavy atom. The van der Waals surface area contributed by atoms with Crippen molar-refractivity contribution in [3.05, 3.63) is 155 Å². The van der Waals surface area contributed by atoms with Crippen LogP contribution in [-0.2, 0) is 38.8 Å². The minimum absolute atomic E-state index is 0.00493. The van der Waals surface area contributed by atoms with E-state index in [-0.39, 0.29) is 30.6 Å². The molecule has 0 spiro atoms. The van der Waals surface area contributed by atoms with Crippen LogP contribution in [0.4, 0.5) is 11.4 Å². The molecule has 2 saturated heterocycles. The van der Waals surface area contributed by atoms with Gasteiger partial charge in [0.1, 0.15) is 0 Å². The van der Waals surface area contributed by atoms with E-state index in [1.165, 1.54) is 5.56 Å². The van der Waals surface area contributed by atoms with Crippen LogP contribution in [0.2, 0.25) is 0 Å². The maximum absolute atomic E-state index is 12.7. The van der Waals surface area contributed by atoms with E-state index in [0.29, 0.717) is 43.6 Å². The second-order valence-corrected chi connectivity index (χ2v) is 15.7. The lowest BCUT2D eigenvalue weighted by Crippen LogP contribution is -2.49. The molecule has 3 atom stereocenters. The van der Waals surface area contributed by atoms with E-state index in [1.807, 2.05) is 42.5 Å². The Balaban J connectivity index is 0.926. The molecule has 2 fully saturated rings. The Morgan fingerprint density at radius 3 is 2.10 bits per heavy atom. The predicted molar refractivity (Wildman–Crippen MR) is 233 cm³/mol. The van der Waals surface area contributed by atoms with Gasteiger partial charge in [0.15, 0.2) is 6.29 Å². The van der Waals surface area contributed by atoms with Crippen LogP contribution in [0.3, 0.4) is 0 Å². The molecule has 2 aliphatic rings. The standard InChI is InChI=1S/C49H57N5O5/c50-44-17-7-8-18-45(44)52-48(57)20-6-2-5-19-47(56)51-32-38-13-9-14-40(29-38)41-15-10-16-42(30-41)49-58-43(31-46(59-49)39-23-21-37(35-55)22-24-39)34-54-27-25-53(26-28-54)33-36-11-3-1-4-12-36/h1,3-4,7-18,21-24,29-30,43,46,49,55H,2,5-6,19-20,25-28,31-35,50H2,(H,51,56)(H,52,57)/t43-,46+,49+/m1/s1. The first-order valence-electron chi connectivity index (χ1n) is 21.0. The monoisotopic (exact) mass is 795 g/mol. The number of aliphatic hydroxyl groups excluding tert-OH is 1. The molecule has 59 heavy (non-hydrogen) atoms. The molecular weight excluding hydrogens is 739 g/mol. The zero-order chi connectivity index (χ0) is 40.8. The van der Waals surface area contributed by atoms with Crippen LogP contribution in [0.1, 0.15) is 78.7 Å². The molecule has 2 aliphatic heterocycles. The fourth-order valence-electron chi connectivity index (χ4n) is 7.88. The number of rotatable bonds is 17. The molecular formula is C49H57N5O5. The molecule has 0 unspecified atom stereocenters. The fraction of sp³-hybridized carbons (Fsp3) is 0.347. The molecule has 0 radical (unpaired) electrons. The Kier molecular flexibility index (Phi) is 14.9. The summed E-state index contributed by atoms with van der Waals surface area (Å²) in [7, 11) is 0. The Bertz CT molecular complexity index is 2100. The van der Waals surface area contributed by atoms with E-state index in [9.17, 15) is 14.7 Å². The van der Waals surface area contributed by atoms with Gasteiger partial charge in [-0.05, 0) is 70.5 Å². The Labute approximate surface area is 348 Å². The third-order valence-electron chi connectivity index (χ3n) is 11.2. The third kappa shape index (κ3) is 12.3. The van der Waals surface area contributed by atoms with Gasteiger partial charge >= 0.3 is 0 Å². The Morgan fingerprint density at radius 2 is 1.34 bits per heavy atom. The smallest absolute Gasteiger partial charge is 0.224 e. The number of piperazine rings is 1. The minimum Gasteiger partial charge on any atom is -0.397 e. The molecule has 0 saturated carbocycles. The second kappa shape index (κ2) is 21.1. The van der Waals surface area contributed by atoms with Crippen LogP contribution >= 0.6 is 0 Å². The summed E-state index contributed by atoms with van der Waals surface area (Å²) >= 11 is 0. The van der Waals surface area contributed by atoms with Gasteiger partial charge in [0, 0.05) is 70.6 Å². The van der Waals surface area contributed by atoms with Gasteiger partial charge in [0.05, 0.1) is 30.2 Å². The molecule has 0 aromatic heterocycles. The number of nitrogen functional groups attached to an aromatic ring is 1. The van der Waals surface area contributed by atoms with E-state index >= 15 is 0 Å². The van der Waals surface area contributed by atoms with E-state index < -0.39 is 6.29 Å². The lowest BCUT2D eigenvalue weighted by Gasteiger charge is -2.41. The van der Waals surface area contributed by atoms with Gasteiger partial charge in [-0.25, -0.2) is 0 Å². The molecule has 5 aromatic rings. The van der Waals surface area contributed by atoms with Crippen molar-refractivity contribution in [2.75, 3.05) is 43.8 Å². The highest BCUT2D eigenvalue weighted by atomic mass is 16.7. The summed E-state index contributed by atoms with van der Waals surface area (Å²) in [6, 6.07) is 42.5. The molecule has 2 amide bonds. The quantitative estimate of drug-likeness (QED) is 0.0551. The largest absolute Gasteiger partial charge is 0.397 e. The van der Waals surface area contributed by atoms with Crippen molar-refractivity contribution in [3.8, 4) is 11.1 Å². The first kappa shape index (κ1) is 41.8. The van der Waals surface area contributed by atoms with Gasteiger partial charge in [-0.15, -0.1) is 0 Å². The predicted octanol–water partition coefficient (Wildman–Crippen LogP) is 8.00. The first-order chi connectivity index (χ1) is 28.9. The van der Waals surface area contributed by atoms with Gasteiger partial charge in [0.25, 0.3) is 0 Å². The number of carbonyl (C=O) groups excluding carboxylic acids is 2. The number of benzene rings is 5. The normalized spacial score (nSPS) is 18.6. The van der Waals surface area contributed by atoms with Crippen LogP contribution in [-0.4, -0.2) is 65.5 Å². The number of aliphatic hydroxyl groups is 1. The van der Waals surface area contributed by atoms with Gasteiger partial charge in [-0.2, -0.15) is 0 Å². The molecule has 10 heteroatoms. The molecule has 10 nitrogen and oxygen atoms in total. The number of nitrogens with one attached hydrogen (secondary N) is 2. The minimum atomic E-state index is -0.546. The lowest BCUT2D eigenvalue weighted by atomic mass is 9.98. The second-order valence-electron chi connectivity index (χ2n) is 15.7. The van der Waals surface area contributed by atoms with E-state index in [2.05, 4.69) is 93.2 Å². The number of carbonyl (C=O) groups is 2. The van der Waals surface area contributed by atoms with Crippen LogP contribution in [0.15, 0.2) is 127 Å². The maximum atomic E-state index is 12.7. The first-order valence-corrected chi connectivity index (χ1v) is 21.0. The average Bonchev–Trinajstić information content (AvgIpc) is 3.27. The Hall–Kier alpha value is -5.36. The maximum Gasteiger partial charge on any atom is 0.224 e. The lowest BCUT2D eigenvalue weighted by molar-refractivity contribution is -0.253. The van der Waals surface area contributed by atoms with Crippen molar-refractivity contribution in [2.45, 2.75) is 76.7 Å². The number of para-hydroxylation sites is 2. The molecule has 2 heterocycles. The molecule has 5 aromatic carbocycles. The van der Waals surface area contributed by atoms with Gasteiger partial charge in [-0.3, -0.25) is 19.4 Å². The van der Waals surface area contributed by atoms with Crippen molar-refractivity contribution in [3.63, 3.8) is 0 Å². The van der Waals surface area contributed by atoms with E-state index in [1.54, 1.807) is 12.1 Å². The highest BCUT2D eigenvalue weighted by Gasteiger charge is 2.34. The summed E-state index contributed by atoms with van der Waals surface area (Å²) < 4.78 is 13.5. The van der Waals surface area contributed by atoms with Gasteiger partial charge < -0.3 is 30.9 Å². The molecule has 5 N–H and O–H groups in total. The highest BCUT2D eigenvalue weighted by molar-refractivity contribution is 5.93. The van der Waals surface area contributed by atoms with Crippen molar-refractivity contribution >= 4 is 23.2 Å². The van der Waals surface area contributed by atoms with Crippen molar-refractivity contribution in [2.24, 2.45) is 0 Å². The number of hydrogen-bond acceptors (Lipinski definition) is 8. The van der Waals surface area contributed by atoms with Crippen LogP contribution in [0.5, 0.6) is 0 Å². The number of amides is 2. The number of nitrogens with two attached hydrogens (primary N) is 1. The fourth-order valence-corrected chi connectivity index (χ4v) is 7.88. The van der Waals surface area contributed by atoms with Crippen LogP contribution in [0.25, 0.3) is 11.1 Å².